The maximum Gasteiger partial charge on any atom is 0.433 e. The normalized spacial score (nSPS) is 11.3. The monoisotopic (exact) mass is 605 g/mol. The molecule has 222 valence electrons. The number of pyridine rings is 1. The zero-order valence-electron chi connectivity index (χ0n) is 22.7. The SMILES string of the molecule is C=CC(=O)NCc1ccc(-c2c(-c3ccc(Oc4nccc(C(F)(F)F)n4)c(F)c3)c3c(N)ncc(C#N)c3n2C)c(F)c1. The van der Waals surface area contributed by atoms with E-state index in [-0.39, 0.29) is 45.7 Å². The molecule has 5 rings (SSSR count). The summed E-state index contributed by atoms with van der Waals surface area (Å²) in [6.07, 6.45) is -1.59. The highest BCUT2D eigenvalue weighted by Gasteiger charge is 2.33. The summed E-state index contributed by atoms with van der Waals surface area (Å²) < 4.78 is 77.0. The molecule has 0 aliphatic rings. The van der Waals surface area contributed by atoms with Crippen molar-refractivity contribution in [1.29, 1.82) is 5.26 Å². The largest absolute Gasteiger partial charge is 0.433 e. The number of hydrogen-bond donors (Lipinski definition) is 2. The highest BCUT2D eigenvalue weighted by Crippen LogP contribution is 2.45. The Hall–Kier alpha value is -5.84. The molecule has 44 heavy (non-hydrogen) atoms. The van der Waals surface area contributed by atoms with Crippen molar-refractivity contribution < 1.29 is 31.5 Å². The van der Waals surface area contributed by atoms with Gasteiger partial charge >= 0.3 is 12.2 Å². The predicted octanol–water partition coefficient (Wildman–Crippen LogP) is 6.04. The van der Waals surface area contributed by atoms with Crippen LogP contribution >= 0.6 is 0 Å². The van der Waals surface area contributed by atoms with E-state index in [1.165, 1.54) is 29.0 Å². The fraction of sp³-hybridized carbons (Fsp3) is 0.100. The molecule has 0 aliphatic heterocycles. The van der Waals surface area contributed by atoms with Crippen LogP contribution < -0.4 is 15.8 Å². The molecular formula is C30H20F5N7O2. The fourth-order valence-electron chi connectivity index (χ4n) is 4.69. The summed E-state index contributed by atoms with van der Waals surface area (Å²) in [5.41, 5.74) is 6.55. The smallest absolute Gasteiger partial charge is 0.421 e. The molecule has 0 fully saturated rings. The number of carbonyl (C=O) groups is 1. The van der Waals surface area contributed by atoms with E-state index in [1.807, 2.05) is 6.07 Å². The zero-order chi connectivity index (χ0) is 31.8. The van der Waals surface area contributed by atoms with Crippen molar-refractivity contribution in [2.75, 3.05) is 5.73 Å². The van der Waals surface area contributed by atoms with Crippen LogP contribution in [0.3, 0.4) is 0 Å². The fourth-order valence-corrected chi connectivity index (χ4v) is 4.69. The molecule has 0 bridgehead atoms. The molecule has 0 saturated carbocycles. The number of aromatic nitrogens is 4. The first-order valence-corrected chi connectivity index (χ1v) is 12.7. The molecule has 0 saturated heterocycles. The standard InChI is InChI=1S/C30H20F5N7O2/c1-3-23(43)39-13-15-4-6-18(19(31)10-15)27-24(25-26(42(27)2)17(12-36)14-40-28(25)37)16-5-7-21(20(32)11-16)44-29-38-9-8-22(41-29)30(33,34)35/h3-11,14H,1,13H2,2H3,(H2,37,40)(H,39,43). The van der Waals surface area contributed by atoms with Crippen LogP contribution in [0.4, 0.5) is 27.8 Å². The topological polar surface area (TPSA) is 132 Å². The number of nitrogens with two attached hydrogens (primary N) is 1. The molecule has 2 aromatic carbocycles. The van der Waals surface area contributed by atoms with Gasteiger partial charge in [-0.2, -0.15) is 23.4 Å². The van der Waals surface area contributed by atoms with Gasteiger partial charge in [-0.1, -0.05) is 18.7 Å². The number of hydrogen-bond acceptors (Lipinski definition) is 7. The van der Waals surface area contributed by atoms with Crippen LogP contribution in [0.5, 0.6) is 11.8 Å². The van der Waals surface area contributed by atoms with Crippen LogP contribution in [-0.4, -0.2) is 25.4 Å². The molecule has 3 aromatic heterocycles. The van der Waals surface area contributed by atoms with Gasteiger partial charge in [0.05, 0.1) is 22.2 Å². The number of anilines is 1. The van der Waals surface area contributed by atoms with E-state index >= 15 is 8.78 Å². The molecule has 14 heteroatoms. The Labute approximate surface area is 246 Å². The molecule has 9 nitrogen and oxygen atoms in total. The first kappa shape index (κ1) is 29.6. The Morgan fingerprint density at radius 2 is 1.93 bits per heavy atom. The van der Waals surface area contributed by atoms with E-state index in [1.54, 1.807) is 13.1 Å². The highest BCUT2D eigenvalue weighted by atomic mass is 19.4. The molecule has 0 atom stereocenters. The number of nitrogens with one attached hydrogen (secondary N) is 1. The van der Waals surface area contributed by atoms with Crippen molar-refractivity contribution in [3.8, 4) is 40.2 Å². The lowest BCUT2D eigenvalue weighted by Crippen LogP contribution is -2.20. The van der Waals surface area contributed by atoms with E-state index < -0.39 is 41.2 Å². The van der Waals surface area contributed by atoms with Gasteiger partial charge in [0, 0.05) is 37.1 Å². The third kappa shape index (κ3) is 5.50. The minimum atomic E-state index is -4.77. The number of ether oxygens (including phenoxy) is 1. The Balaban J connectivity index is 1.65. The van der Waals surface area contributed by atoms with Crippen LogP contribution in [0.25, 0.3) is 33.3 Å². The van der Waals surface area contributed by atoms with E-state index in [9.17, 15) is 23.2 Å². The number of carbonyl (C=O) groups excluding carboxylic acids is 1. The number of aryl methyl sites for hydroxylation is 1. The van der Waals surface area contributed by atoms with Crippen molar-refractivity contribution in [3.63, 3.8) is 0 Å². The van der Waals surface area contributed by atoms with Crippen molar-refractivity contribution in [1.82, 2.24) is 24.8 Å². The van der Waals surface area contributed by atoms with Gasteiger partial charge in [-0.15, -0.1) is 0 Å². The van der Waals surface area contributed by atoms with Gasteiger partial charge < -0.3 is 20.4 Å². The molecule has 1 amide bonds. The lowest BCUT2D eigenvalue weighted by Gasteiger charge is -2.13. The summed E-state index contributed by atoms with van der Waals surface area (Å²) in [5.74, 6) is -2.61. The Morgan fingerprint density at radius 3 is 2.59 bits per heavy atom. The van der Waals surface area contributed by atoms with Crippen LogP contribution in [-0.2, 0) is 24.6 Å². The maximum absolute atomic E-state index is 15.7. The van der Waals surface area contributed by atoms with Crippen LogP contribution in [0.1, 0.15) is 16.8 Å². The van der Waals surface area contributed by atoms with E-state index in [2.05, 4.69) is 26.8 Å². The van der Waals surface area contributed by atoms with Crippen molar-refractivity contribution in [3.05, 3.63) is 96.0 Å². The summed E-state index contributed by atoms with van der Waals surface area (Å²) >= 11 is 0. The van der Waals surface area contributed by atoms with E-state index in [0.717, 1.165) is 24.4 Å². The third-order valence-electron chi connectivity index (χ3n) is 6.65. The molecule has 0 radical (unpaired) electrons. The first-order valence-electron chi connectivity index (χ1n) is 12.7. The van der Waals surface area contributed by atoms with Crippen LogP contribution in [0, 0.1) is 23.0 Å². The summed E-state index contributed by atoms with van der Waals surface area (Å²) in [6, 6.07) is 9.79. The Kier molecular flexibility index (Phi) is 7.71. The predicted molar refractivity (Wildman–Crippen MR) is 150 cm³/mol. The summed E-state index contributed by atoms with van der Waals surface area (Å²) in [4.78, 5) is 22.5. The Bertz CT molecular complexity index is 2000. The zero-order valence-corrected chi connectivity index (χ0v) is 22.7. The lowest BCUT2D eigenvalue weighted by atomic mass is 9.97. The minimum Gasteiger partial charge on any atom is -0.421 e. The summed E-state index contributed by atoms with van der Waals surface area (Å²) in [5, 5.41) is 12.6. The van der Waals surface area contributed by atoms with Gasteiger partial charge in [0.2, 0.25) is 5.91 Å². The first-order chi connectivity index (χ1) is 20.9. The number of nitriles is 1. The van der Waals surface area contributed by atoms with Crippen LogP contribution in [0.15, 0.2) is 67.5 Å². The van der Waals surface area contributed by atoms with Crippen molar-refractivity contribution in [2.45, 2.75) is 12.7 Å². The van der Waals surface area contributed by atoms with Gasteiger partial charge in [0.15, 0.2) is 17.3 Å². The number of nitrogens with zero attached hydrogens (tertiary/aromatic N) is 5. The van der Waals surface area contributed by atoms with Crippen molar-refractivity contribution >= 4 is 22.6 Å². The second-order valence-corrected chi connectivity index (χ2v) is 9.38. The quantitative estimate of drug-likeness (QED) is 0.171. The number of rotatable bonds is 7. The number of fused-ring (bicyclic) bond motifs is 1. The maximum atomic E-state index is 15.7. The second-order valence-electron chi connectivity index (χ2n) is 9.38. The molecule has 3 heterocycles. The van der Waals surface area contributed by atoms with Gasteiger partial charge in [-0.25, -0.2) is 18.7 Å². The van der Waals surface area contributed by atoms with Crippen molar-refractivity contribution in [2.24, 2.45) is 7.05 Å². The summed E-state index contributed by atoms with van der Waals surface area (Å²) in [6.45, 7) is 3.40. The van der Waals surface area contributed by atoms with Gasteiger partial charge in [-0.3, -0.25) is 4.79 Å². The van der Waals surface area contributed by atoms with Crippen LogP contribution in [0.2, 0.25) is 0 Å². The molecule has 0 aliphatic carbocycles. The molecule has 3 N–H and O–H groups in total. The number of nitrogen functional groups attached to an aromatic ring is 1. The number of halogens is 5. The molecule has 0 unspecified atom stereocenters. The second kappa shape index (κ2) is 11.4. The lowest BCUT2D eigenvalue weighted by molar-refractivity contribution is -0.141. The van der Waals surface area contributed by atoms with E-state index in [4.69, 9.17) is 10.5 Å². The summed E-state index contributed by atoms with van der Waals surface area (Å²) in [7, 11) is 1.58. The average molecular weight is 606 g/mol. The van der Waals surface area contributed by atoms with Gasteiger partial charge in [-0.05, 0) is 47.5 Å². The number of alkyl halides is 3. The average Bonchev–Trinajstić information content (AvgIpc) is 3.30. The number of amides is 1. The third-order valence-corrected chi connectivity index (χ3v) is 6.65. The minimum absolute atomic E-state index is 0.0156. The van der Waals surface area contributed by atoms with Gasteiger partial charge in [0.1, 0.15) is 17.7 Å². The number of benzene rings is 2. The molecular weight excluding hydrogens is 585 g/mol. The molecule has 0 spiro atoms. The van der Waals surface area contributed by atoms with E-state index in [0.29, 0.717) is 17.1 Å². The van der Waals surface area contributed by atoms with Gasteiger partial charge in [0.25, 0.3) is 0 Å². The molecule has 5 aromatic rings. The Morgan fingerprint density at radius 1 is 1.16 bits per heavy atom. The highest BCUT2D eigenvalue weighted by molar-refractivity contribution is 6.10.